The summed E-state index contributed by atoms with van der Waals surface area (Å²) < 4.78 is 42.4. The number of nitrogens with two attached hydrogens (primary N) is 1. The molecule has 1 aliphatic heterocycles. The Morgan fingerprint density at radius 2 is 1.68 bits per heavy atom. The molecule has 2 aromatic rings. The summed E-state index contributed by atoms with van der Waals surface area (Å²) in [6, 6.07) is 10.9. The molecule has 11 heteroatoms. The molecule has 0 bridgehead atoms. The first kappa shape index (κ1) is 30.8. The normalized spacial score (nSPS) is 15.9. The maximum Gasteiger partial charge on any atom is 0.178 e. The van der Waals surface area contributed by atoms with Gasteiger partial charge < -0.3 is 24.8 Å². The third-order valence-electron chi connectivity index (χ3n) is 6.29. The van der Waals surface area contributed by atoms with Crippen molar-refractivity contribution >= 4 is 38.9 Å². The lowest BCUT2D eigenvalue weighted by Gasteiger charge is -2.33. The van der Waals surface area contributed by atoms with Crippen LogP contribution in [0.5, 0.6) is 0 Å². The summed E-state index contributed by atoms with van der Waals surface area (Å²) in [4.78, 5) is 2.49. The van der Waals surface area contributed by atoms with Crippen molar-refractivity contribution < 1.29 is 22.6 Å². The van der Waals surface area contributed by atoms with E-state index in [-0.39, 0.29) is 17.5 Å². The average molecular weight is 587 g/mol. The second-order valence-corrected chi connectivity index (χ2v) is 12.4. The van der Waals surface area contributed by atoms with Crippen molar-refractivity contribution in [2.24, 2.45) is 5.73 Å². The number of likely N-dealkylation sites (N-methyl/N-ethyl adjacent to an activating group) is 1. The van der Waals surface area contributed by atoms with E-state index < -0.39 is 9.84 Å². The zero-order valence-electron chi connectivity index (χ0n) is 21.8. The highest BCUT2D eigenvalue weighted by Crippen LogP contribution is 2.38. The lowest BCUT2D eigenvalue weighted by molar-refractivity contribution is 0.0145. The topological polar surface area (TPSA) is 115 Å². The molecular formula is C27H37Cl2N3O5S. The van der Waals surface area contributed by atoms with Gasteiger partial charge in [-0.3, -0.25) is 5.41 Å². The fourth-order valence-corrected chi connectivity index (χ4v) is 6.33. The van der Waals surface area contributed by atoms with Gasteiger partial charge in [0, 0.05) is 48.7 Å². The summed E-state index contributed by atoms with van der Waals surface area (Å²) in [6.07, 6.45) is 1.65. The van der Waals surface area contributed by atoms with Gasteiger partial charge in [-0.1, -0.05) is 35.3 Å². The van der Waals surface area contributed by atoms with Gasteiger partial charge >= 0.3 is 0 Å². The summed E-state index contributed by atoms with van der Waals surface area (Å²) in [5.74, 6) is 0.146. The minimum Gasteiger partial charge on any atom is -0.388 e. The lowest BCUT2D eigenvalue weighted by atomic mass is 9.85. The van der Waals surface area contributed by atoms with Crippen LogP contribution in [0.1, 0.15) is 41.9 Å². The molecule has 0 saturated heterocycles. The first-order valence-corrected chi connectivity index (χ1v) is 15.1. The molecule has 0 amide bonds. The van der Waals surface area contributed by atoms with E-state index in [0.29, 0.717) is 67.4 Å². The molecule has 2 aromatic carbocycles. The summed E-state index contributed by atoms with van der Waals surface area (Å²) in [7, 11) is -1.43. The number of benzene rings is 2. The Kier molecular flexibility index (Phi) is 12.3. The number of hydrogen-bond donors (Lipinski definition) is 2. The quantitative estimate of drug-likeness (QED) is 0.169. The molecule has 0 fully saturated rings. The summed E-state index contributed by atoms with van der Waals surface area (Å²) >= 11 is 12.8. The third kappa shape index (κ3) is 9.48. The Hall–Kier alpha value is -1.72. The van der Waals surface area contributed by atoms with Gasteiger partial charge in [-0.25, -0.2) is 8.42 Å². The number of amidine groups is 1. The zero-order chi connectivity index (χ0) is 27.5. The van der Waals surface area contributed by atoms with Crippen LogP contribution in [0.3, 0.4) is 0 Å². The summed E-state index contributed by atoms with van der Waals surface area (Å²) in [5.41, 5.74) is 8.28. The number of sulfone groups is 1. The summed E-state index contributed by atoms with van der Waals surface area (Å²) in [6.45, 7) is 4.07. The first-order chi connectivity index (χ1) is 18.2. The van der Waals surface area contributed by atoms with E-state index in [1.807, 2.05) is 19.2 Å². The van der Waals surface area contributed by atoms with Crippen LogP contribution in [0.4, 0.5) is 0 Å². The van der Waals surface area contributed by atoms with E-state index in [4.69, 9.17) is 48.6 Å². The standard InChI is InChI=1S/C27H37Cl2N3O5S/c1-32-18-24(23-16-21(28)17-26(29)25(23)19-32)20-5-2-6-22(15-20)38(33,34)14-4-9-36-11-13-37-12-10-35-8-3-7-27(30)31/h2,5-6,15-17,24H,3-4,7-14,18-19H2,1H3,(H3,30,31). The van der Waals surface area contributed by atoms with Gasteiger partial charge in [-0.15, -0.1) is 0 Å². The molecule has 210 valence electrons. The van der Waals surface area contributed by atoms with Crippen LogP contribution in [-0.4, -0.2) is 78.1 Å². The largest absolute Gasteiger partial charge is 0.388 e. The van der Waals surface area contributed by atoms with Crippen molar-refractivity contribution in [1.29, 1.82) is 5.41 Å². The van der Waals surface area contributed by atoms with Gasteiger partial charge in [0.15, 0.2) is 9.84 Å². The second-order valence-electron chi connectivity index (χ2n) is 9.42. The van der Waals surface area contributed by atoms with Gasteiger partial charge in [0.1, 0.15) is 0 Å². The number of nitrogens with zero attached hydrogens (tertiary/aromatic N) is 1. The highest BCUT2D eigenvalue weighted by molar-refractivity contribution is 7.91. The molecule has 0 radical (unpaired) electrons. The molecule has 3 rings (SSSR count). The van der Waals surface area contributed by atoms with E-state index >= 15 is 0 Å². The maximum atomic E-state index is 13.0. The number of ether oxygens (including phenoxy) is 3. The predicted octanol–water partition coefficient (Wildman–Crippen LogP) is 4.50. The van der Waals surface area contributed by atoms with Gasteiger partial charge in [0.2, 0.25) is 0 Å². The van der Waals surface area contributed by atoms with Crippen LogP contribution in [-0.2, 0) is 30.6 Å². The molecule has 0 aliphatic carbocycles. The van der Waals surface area contributed by atoms with Crippen molar-refractivity contribution in [1.82, 2.24) is 4.90 Å². The van der Waals surface area contributed by atoms with Gasteiger partial charge in [-0.05, 0) is 60.8 Å². The Bertz CT molecular complexity index is 1180. The Morgan fingerprint density at radius 1 is 1.03 bits per heavy atom. The number of nitrogens with one attached hydrogen (secondary N) is 1. The first-order valence-electron chi connectivity index (χ1n) is 12.7. The van der Waals surface area contributed by atoms with E-state index in [1.54, 1.807) is 24.3 Å². The van der Waals surface area contributed by atoms with E-state index in [0.717, 1.165) is 36.2 Å². The highest BCUT2D eigenvalue weighted by Gasteiger charge is 2.28. The van der Waals surface area contributed by atoms with Gasteiger partial charge in [-0.2, -0.15) is 0 Å². The Balaban J connectivity index is 1.43. The van der Waals surface area contributed by atoms with Gasteiger partial charge in [0.25, 0.3) is 0 Å². The predicted molar refractivity (Wildman–Crippen MR) is 151 cm³/mol. The minimum atomic E-state index is -3.46. The molecule has 8 nitrogen and oxygen atoms in total. The Morgan fingerprint density at radius 3 is 2.37 bits per heavy atom. The minimum absolute atomic E-state index is 0.00419. The summed E-state index contributed by atoms with van der Waals surface area (Å²) in [5, 5.41) is 8.35. The average Bonchev–Trinajstić information content (AvgIpc) is 2.87. The fraction of sp³-hybridized carbons (Fsp3) is 0.519. The number of halogens is 2. The van der Waals surface area contributed by atoms with Crippen molar-refractivity contribution in [3.63, 3.8) is 0 Å². The van der Waals surface area contributed by atoms with E-state index in [1.165, 1.54) is 0 Å². The Labute approximate surface area is 235 Å². The van der Waals surface area contributed by atoms with Crippen LogP contribution in [0.25, 0.3) is 0 Å². The molecular weight excluding hydrogens is 549 g/mol. The molecule has 3 N–H and O–H groups in total. The van der Waals surface area contributed by atoms with Crippen molar-refractivity contribution in [3.8, 4) is 0 Å². The zero-order valence-corrected chi connectivity index (χ0v) is 24.1. The van der Waals surface area contributed by atoms with E-state index in [2.05, 4.69) is 4.90 Å². The smallest absolute Gasteiger partial charge is 0.178 e. The molecule has 1 heterocycles. The number of fused-ring (bicyclic) bond motifs is 1. The molecule has 1 unspecified atom stereocenters. The van der Waals surface area contributed by atoms with Crippen LogP contribution in [0, 0.1) is 5.41 Å². The van der Waals surface area contributed by atoms with Crippen molar-refractivity contribution in [2.75, 3.05) is 59.0 Å². The number of hydrogen-bond acceptors (Lipinski definition) is 7. The molecule has 0 aromatic heterocycles. The lowest BCUT2D eigenvalue weighted by Crippen LogP contribution is -2.31. The van der Waals surface area contributed by atoms with Crippen LogP contribution >= 0.6 is 23.2 Å². The van der Waals surface area contributed by atoms with Crippen LogP contribution in [0.15, 0.2) is 41.3 Å². The van der Waals surface area contributed by atoms with Crippen LogP contribution < -0.4 is 5.73 Å². The molecule has 1 aliphatic rings. The van der Waals surface area contributed by atoms with Crippen LogP contribution in [0.2, 0.25) is 10.0 Å². The third-order valence-corrected chi connectivity index (χ3v) is 8.65. The molecule has 1 atom stereocenters. The molecule has 0 spiro atoms. The maximum absolute atomic E-state index is 13.0. The second kappa shape index (κ2) is 15.2. The monoisotopic (exact) mass is 585 g/mol. The fourth-order valence-electron chi connectivity index (χ4n) is 4.43. The number of rotatable bonds is 16. The highest BCUT2D eigenvalue weighted by atomic mass is 35.5. The SMILES string of the molecule is CN1Cc2c(Cl)cc(Cl)cc2C(c2cccc(S(=O)(=O)CCCOCCOCCOCCCC(=N)N)c2)C1. The van der Waals surface area contributed by atoms with E-state index in [9.17, 15) is 8.42 Å². The molecule has 38 heavy (non-hydrogen) atoms. The molecule has 0 saturated carbocycles. The van der Waals surface area contributed by atoms with Crippen molar-refractivity contribution in [3.05, 3.63) is 63.1 Å². The van der Waals surface area contributed by atoms with Gasteiger partial charge in [0.05, 0.1) is 42.9 Å². The van der Waals surface area contributed by atoms with Crippen molar-refractivity contribution in [2.45, 2.75) is 36.6 Å².